The van der Waals surface area contributed by atoms with Gasteiger partial charge < -0.3 is 10.6 Å². The number of aromatic nitrogens is 3. The van der Waals surface area contributed by atoms with Gasteiger partial charge in [-0.05, 0) is 44.0 Å². The predicted molar refractivity (Wildman–Crippen MR) is 112 cm³/mol. The number of carbonyl (C=O) groups is 1. The molecule has 2 heterocycles. The van der Waals surface area contributed by atoms with Crippen LogP contribution in [0.25, 0.3) is 10.6 Å². The van der Waals surface area contributed by atoms with Crippen molar-refractivity contribution >= 4 is 23.1 Å². The zero-order valence-electron chi connectivity index (χ0n) is 16.2. The van der Waals surface area contributed by atoms with E-state index in [-0.39, 0.29) is 24.7 Å². The van der Waals surface area contributed by atoms with Gasteiger partial charge in [0.1, 0.15) is 5.69 Å². The number of anilines is 1. The van der Waals surface area contributed by atoms with E-state index in [0.29, 0.717) is 5.69 Å². The maximum Gasteiger partial charge on any atom is 0.319 e. The molecule has 7 nitrogen and oxygen atoms in total. The molecule has 0 aliphatic rings. The lowest BCUT2D eigenvalue weighted by Gasteiger charge is -2.09. The SMILES string of the molecule is CCc1ccc(NC(=O)NCCn2nc(-c3sc(C)nc3C)ccc2=O)cc1. The monoisotopic (exact) mass is 397 g/mol. The fourth-order valence-electron chi connectivity index (χ4n) is 2.77. The molecular weight excluding hydrogens is 374 g/mol. The van der Waals surface area contributed by atoms with Gasteiger partial charge in [0, 0.05) is 18.3 Å². The number of urea groups is 1. The van der Waals surface area contributed by atoms with Gasteiger partial charge in [0.2, 0.25) is 0 Å². The van der Waals surface area contributed by atoms with Gasteiger partial charge in [-0.15, -0.1) is 11.3 Å². The highest BCUT2D eigenvalue weighted by molar-refractivity contribution is 7.15. The van der Waals surface area contributed by atoms with Crippen LogP contribution in [-0.2, 0) is 13.0 Å². The fourth-order valence-corrected chi connectivity index (χ4v) is 3.66. The van der Waals surface area contributed by atoms with Crippen LogP contribution in [0.15, 0.2) is 41.2 Å². The van der Waals surface area contributed by atoms with E-state index in [9.17, 15) is 9.59 Å². The number of aryl methyl sites for hydroxylation is 3. The normalized spacial score (nSPS) is 10.7. The first kappa shape index (κ1) is 19.8. The molecule has 0 fully saturated rings. The number of benzene rings is 1. The smallest absolute Gasteiger partial charge is 0.319 e. The first-order chi connectivity index (χ1) is 13.5. The van der Waals surface area contributed by atoms with Crippen LogP contribution in [0, 0.1) is 13.8 Å². The van der Waals surface area contributed by atoms with Crippen LogP contribution >= 0.6 is 11.3 Å². The Kier molecular flexibility index (Phi) is 6.20. The summed E-state index contributed by atoms with van der Waals surface area (Å²) in [7, 11) is 0. The lowest BCUT2D eigenvalue weighted by atomic mass is 10.1. The van der Waals surface area contributed by atoms with Crippen molar-refractivity contribution in [3.05, 3.63) is 63.0 Å². The van der Waals surface area contributed by atoms with Crippen LogP contribution in [0.2, 0.25) is 0 Å². The molecule has 0 unspecified atom stereocenters. The molecule has 2 amide bonds. The van der Waals surface area contributed by atoms with Crippen molar-refractivity contribution in [1.29, 1.82) is 0 Å². The van der Waals surface area contributed by atoms with Crippen molar-refractivity contribution in [2.75, 3.05) is 11.9 Å². The summed E-state index contributed by atoms with van der Waals surface area (Å²) in [4.78, 5) is 29.5. The summed E-state index contributed by atoms with van der Waals surface area (Å²) in [5, 5.41) is 10.9. The van der Waals surface area contributed by atoms with Gasteiger partial charge in [0.15, 0.2) is 0 Å². The van der Waals surface area contributed by atoms with Gasteiger partial charge in [-0.2, -0.15) is 5.10 Å². The van der Waals surface area contributed by atoms with E-state index in [2.05, 4.69) is 27.6 Å². The first-order valence-corrected chi connectivity index (χ1v) is 9.94. The Labute approximate surface area is 167 Å². The molecule has 2 aromatic heterocycles. The summed E-state index contributed by atoms with van der Waals surface area (Å²) in [6.45, 7) is 6.52. The molecule has 0 radical (unpaired) electrons. The molecule has 0 spiro atoms. The molecule has 0 bridgehead atoms. The Bertz CT molecular complexity index is 1020. The predicted octanol–water partition coefficient (Wildman–Crippen LogP) is 3.37. The molecule has 0 saturated heterocycles. The van der Waals surface area contributed by atoms with Crippen LogP contribution in [0.5, 0.6) is 0 Å². The third-order valence-corrected chi connectivity index (χ3v) is 5.33. The van der Waals surface area contributed by atoms with E-state index >= 15 is 0 Å². The Morgan fingerprint density at radius 2 is 1.89 bits per heavy atom. The Hall–Kier alpha value is -3.00. The Morgan fingerprint density at radius 1 is 1.14 bits per heavy atom. The number of hydrogen-bond acceptors (Lipinski definition) is 5. The fraction of sp³-hybridized carbons (Fsp3) is 0.300. The maximum absolute atomic E-state index is 12.1. The lowest BCUT2D eigenvalue weighted by Crippen LogP contribution is -2.34. The molecule has 146 valence electrons. The zero-order chi connectivity index (χ0) is 20.1. The highest BCUT2D eigenvalue weighted by Crippen LogP contribution is 2.27. The summed E-state index contributed by atoms with van der Waals surface area (Å²) in [6, 6.07) is 10.6. The number of rotatable bonds is 6. The minimum absolute atomic E-state index is 0.208. The third kappa shape index (κ3) is 4.83. The molecule has 0 atom stereocenters. The summed E-state index contributed by atoms with van der Waals surface area (Å²) in [5.41, 5.74) is 3.33. The van der Waals surface area contributed by atoms with Gasteiger partial charge in [0.25, 0.3) is 5.56 Å². The average molecular weight is 398 g/mol. The molecule has 3 rings (SSSR count). The molecule has 3 aromatic rings. The van der Waals surface area contributed by atoms with E-state index in [1.54, 1.807) is 17.4 Å². The highest BCUT2D eigenvalue weighted by Gasteiger charge is 2.11. The van der Waals surface area contributed by atoms with Crippen LogP contribution in [0.1, 0.15) is 23.2 Å². The van der Waals surface area contributed by atoms with Gasteiger partial charge in [-0.1, -0.05) is 19.1 Å². The van der Waals surface area contributed by atoms with Crippen LogP contribution in [0.4, 0.5) is 10.5 Å². The number of hydrogen-bond donors (Lipinski definition) is 2. The zero-order valence-corrected chi connectivity index (χ0v) is 17.0. The first-order valence-electron chi connectivity index (χ1n) is 9.12. The average Bonchev–Trinajstić information content (AvgIpc) is 3.02. The van der Waals surface area contributed by atoms with Crippen molar-refractivity contribution in [3.63, 3.8) is 0 Å². The minimum atomic E-state index is -0.317. The van der Waals surface area contributed by atoms with E-state index in [0.717, 1.165) is 27.7 Å². The second-order valence-electron chi connectivity index (χ2n) is 6.36. The molecule has 1 aromatic carbocycles. The summed E-state index contributed by atoms with van der Waals surface area (Å²) < 4.78 is 1.36. The Balaban J connectivity index is 1.59. The Morgan fingerprint density at radius 3 is 2.54 bits per heavy atom. The maximum atomic E-state index is 12.1. The van der Waals surface area contributed by atoms with Gasteiger partial charge in [0.05, 0.1) is 22.1 Å². The topological polar surface area (TPSA) is 88.9 Å². The summed E-state index contributed by atoms with van der Waals surface area (Å²) in [5.74, 6) is 0. The number of carbonyl (C=O) groups excluding carboxylic acids is 1. The van der Waals surface area contributed by atoms with Crippen LogP contribution < -0.4 is 16.2 Å². The van der Waals surface area contributed by atoms with Gasteiger partial charge in [-0.3, -0.25) is 4.79 Å². The van der Waals surface area contributed by atoms with Crippen LogP contribution in [0.3, 0.4) is 0 Å². The standard InChI is InChI=1S/C20H23N5O2S/c1-4-15-5-7-16(8-6-15)23-20(27)21-11-12-25-18(26)10-9-17(24-25)19-13(2)22-14(3)28-19/h5-10H,4,11-12H2,1-3H3,(H2,21,23,27). The molecule has 0 saturated carbocycles. The van der Waals surface area contributed by atoms with E-state index in [1.807, 2.05) is 38.1 Å². The van der Waals surface area contributed by atoms with Crippen molar-refractivity contribution in [3.8, 4) is 10.6 Å². The van der Waals surface area contributed by atoms with Gasteiger partial charge in [-0.25, -0.2) is 14.5 Å². The van der Waals surface area contributed by atoms with Crippen molar-refractivity contribution in [2.24, 2.45) is 0 Å². The van der Waals surface area contributed by atoms with Crippen molar-refractivity contribution in [1.82, 2.24) is 20.1 Å². The molecule has 2 N–H and O–H groups in total. The lowest BCUT2D eigenvalue weighted by molar-refractivity contribution is 0.251. The van der Waals surface area contributed by atoms with Crippen molar-refractivity contribution < 1.29 is 4.79 Å². The molecule has 28 heavy (non-hydrogen) atoms. The number of nitrogens with one attached hydrogen (secondary N) is 2. The number of nitrogens with zero attached hydrogens (tertiary/aromatic N) is 3. The van der Waals surface area contributed by atoms with Crippen molar-refractivity contribution in [2.45, 2.75) is 33.7 Å². The molecular formula is C20H23N5O2S. The number of thiazole rings is 1. The minimum Gasteiger partial charge on any atom is -0.336 e. The van der Waals surface area contributed by atoms with E-state index < -0.39 is 0 Å². The van der Waals surface area contributed by atoms with Gasteiger partial charge >= 0.3 is 6.03 Å². The second-order valence-corrected chi connectivity index (χ2v) is 7.56. The highest BCUT2D eigenvalue weighted by atomic mass is 32.1. The second kappa shape index (κ2) is 8.79. The summed E-state index contributed by atoms with van der Waals surface area (Å²) >= 11 is 1.55. The van der Waals surface area contributed by atoms with E-state index in [1.165, 1.54) is 16.3 Å². The largest absolute Gasteiger partial charge is 0.336 e. The molecule has 0 aliphatic heterocycles. The summed E-state index contributed by atoms with van der Waals surface area (Å²) in [6.07, 6.45) is 0.952. The third-order valence-electron chi connectivity index (χ3n) is 4.23. The number of amides is 2. The molecule has 8 heteroatoms. The van der Waals surface area contributed by atoms with Crippen LogP contribution in [-0.4, -0.2) is 27.3 Å². The molecule has 0 aliphatic carbocycles. The quantitative estimate of drug-likeness (QED) is 0.667. The van der Waals surface area contributed by atoms with E-state index in [4.69, 9.17) is 0 Å².